The van der Waals surface area contributed by atoms with E-state index in [-0.39, 0.29) is 36.5 Å². The Morgan fingerprint density at radius 2 is 1.62 bits per heavy atom. The number of aliphatic hydroxyl groups excluding tert-OH is 1. The lowest BCUT2D eigenvalue weighted by Gasteiger charge is -2.32. The highest BCUT2D eigenvalue weighted by molar-refractivity contribution is 14.0. The van der Waals surface area contributed by atoms with E-state index in [4.69, 9.17) is 4.99 Å². The molecule has 0 saturated carbocycles. The molecule has 0 aromatic heterocycles. The van der Waals surface area contributed by atoms with E-state index in [0.717, 1.165) is 50.8 Å². The molecule has 2 aromatic carbocycles. The molecule has 0 amide bonds. The van der Waals surface area contributed by atoms with Crippen LogP contribution in [0.4, 0.5) is 0 Å². The van der Waals surface area contributed by atoms with Crippen LogP contribution in [0.3, 0.4) is 0 Å². The molecule has 1 saturated heterocycles. The first-order valence-electron chi connectivity index (χ1n) is 11.3. The maximum atomic E-state index is 9.78. The maximum Gasteiger partial charge on any atom is 0.191 e. The summed E-state index contributed by atoms with van der Waals surface area (Å²) < 4.78 is 0. The molecule has 0 spiro atoms. The molecule has 0 bridgehead atoms. The van der Waals surface area contributed by atoms with E-state index in [0.29, 0.717) is 13.1 Å². The zero-order valence-corrected chi connectivity index (χ0v) is 21.7. The molecule has 3 N–H and O–H groups in total. The Kier molecular flexibility index (Phi) is 12.0. The van der Waals surface area contributed by atoms with Gasteiger partial charge in [0.25, 0.3) is 0 Å². The van der Waals surface area contributed by atoms with Crippen LogP contribution in [-0.4, -0.2) is 73.8 Å². The normalized spacial score (nSPS) is 16.3. The van der Waals surface area contributed by atoms with E-state index in [2.05, 4.69) is 70.8 Å². The van der Waals surface area contributed by atoms with Crippen molar-refractivity contribution in [1.29, 1.82) is 0 Å². The summed E-state index contributed by atoms with van der Waals surface area (Å²) in [5.41, 5.74) is 3.68. The summed E-state index contributed by atoms with van der Waals surface area (Å²) in [6, 6.07) is 18.9. The van der Waals surface area contributed by atoms with E-state index in [1.165, 1.54) is 11.1 Å². The van der Waals surface area contributed by atoms with Crippen LogP contribution in [0.2, 0.25) is 0 Å². The van der Waals surface area contributed by atoms with Crippen LogP contribution < -0.4 is 10.6 Å². The maximum absolute atomic E-state index is 9.78. The Bertz CT molecular complexity index is 792. The van der Waals surface area contributed by atoms with Crippen molar-refractivity contribution in [3.05, 3.63) is 71.3 Å². The molecular formula is C25H38IN5O. The SMILES string of the molecule is CCNC(=NCc1ccc(CN2CCN(C)CC2)cc1)NCC(CO)c1ccccc1.I. The van der Waals surface area contributed by atoms with Gasteiger partial charge in [0.2, 0.25) is 0 Å². The monoisotopic (exact) mass is 551 g/mol. The minimum absolute atomic E-state index is 0. The predicted octanol–water partition coefficient (Wildman–Crippen LogP) is 2.88. The fourth-order valence-electron chi connectivity index (χ4n) is 3.76. The number of rotatable bonds is 9. The quantitative estimate of drug-likeness (QED) is 0.254. The Morgan fingerprint density at radius 3 is 2.25 bits per heavy atom. The number of benzene rings is 2. The van der Waals surface area contributed by atoms with Gasteiger partial charge in [-0.1, -0.05) is 54.6 Å². The first kappa shape index (κ1) is 26.6. The predicted molar refractivity (Wildman–Crippen MR) is 144 cm³/mol. The Hall–Kier alpha value is -1.68. The standard InChI is InChI=1S/C25H37N5O.HI/c1-3-26-25(28-18-24(20-31)23-7-5-4-6-8-23)27-17-21-9-11-22(12-10-21)19-30-15-13-29(2)14-16-30;/h4-12,24,31H,3,13-20H2,1-2H3,(H2,26,27,28);1H. The van der Waals surface area contributed by atoms with Crippen LogP contribution in [0.25, 0.3) is 0 Å². The van der Waals surface area contributed by atoms with Crippen molar-refractivity contribution < 1.29 is 5.11 Å². The van der Waals surface area contributed by atoms with Crippen LogP contribution in [0.15, 0.2) is 59.6 Å². The molecule has 7 heteroatoms. The molecule has 0 aliphatic carbocycles. The molecule has 1 heterocycles. The Balaban J connectivity index is 0.00000363. The number of piperazine rings is 1. The first-order chi connectivity index (χ1) is 15.2. The summed E-state index contributed by atoms with van der Waals surface area (Å²) in [5, 5.41) is 16.5. The number of nitrogens with one attached hydrogen (secondary N) is 2. The molecule has 0 radical (unpaired) electrons. The zero-order chi connectivity index (χ0) is 21.9. The van der Waals surface area contributed by atoms with Gasteiger partial charge in [-0.3, -0.25) is 4.90 Å². The van der Waals surface area contributed by atoms with Gasteiger partial charge in [0, 0.05) is 51.7 Å². The summed E-state index contributed by atoms with van der Waals surface area (Å²) in [5.74, 6) is 0.817. The number of nitrogens with zero attached hydrogens (tertiary/aromatic N) is 3. The van der Waals surface area contributed by atoms with Gasteiger partial charge in [-0.15, -0.1) is 24.0 Å². The van der Waals surface area contributed by atoms with E-state index in [1.807, 2.05) is 18.2 Å². The van der Waals surface area contributed by atoms with Crippen molar-refractivity contribution in [3.63, 3.8) is 0 Å². The second kappa shape index (κ2) is 14.5. The number of hydrogen-bond acceptors (Lipinski definition) is 4. The molecule has 1 atom stereocenters. The van der Waals surface area contributed by atoms with Crippen LogP contribution >= 0.6 is 24.0 Å². The summed E-state index contributed by atoms with van der Waals surface area (Å²) in [6.07, 6.45) is 0. The highest BCUT2D eigenvalue weighted by Crippen LogP contribution is 2.14. The van der Waals surface area contributed by atoms with E-state index in [1.54, 1.807) is 0 Å². The van der Waals surface area contributed by atoms with Crippen molar-refractivity contribution in [2.45, 2.75) is 25.9 Å². The number of aliphatic imine (C=N–C) groups is 1. The number of likely N-dealkylation sites (N-methyl/N-ethyl adjacent to an activating group) is 1. The lowest BCUT2D eigenvalue weighted by atomic mass is 10.0. The topological polar surface area (TPSA) is 63.1 Å². The average Bonchev–Trinajstić information content (AvgIpc) is 2.81. The third kappa shape index (κ3) is 8.69. The molecule has 1 fully saturated rings. The number of aliphatic hydroxyl groups is 1. The van der Waals surface area contributed by atoms with Gasteiger partial charge < -0.3 is 20.6 Å². The second-order valence-corrected chi connectivity index (χ2v) is 8.26. The number of halogens is 1. The minimum Gasteiger partial charge on any atom is -0.396 e. The van der Waals surface area contributed by atoms with Gasteiger partial charge in [-0.05, 0) is 30.7 Å². The first-order valence-corrected chi connectivity index (χ1v) is 11.3. The summed E-state index contributed by atoms with van der Waals surface area (Å²) in [4.78, 5) is 9.64. The lowest BCUT2D eigenvalue weighted by molar-refractivity contribution is 0.148. The van der Waals surface area contributed by atoms with E-state index < -0.39 is 0 Å². The van der Waals surface area contributed by atoms with Gasteiger partial charge in [-0.2, -0.15) is 0 Å². The molecule has 1 unspecified atom stereocenters. The fourth-order valence-corrected chi connectivity index (χ4v) is 3.76. The highest BCUT2D eigenvalue weighted by Gasteiger charge is 2.14. The van der Waals surface area contributed by atoms with Gasteiger partial charge >= 0.3 is 0 Å². The molecule has 1 aliphatic heterocycles. The van der Waals surface area contributed by atoms with Crippen molar-refractivity contribution in [2.75, 3.05) is 52.9 Å². The summed E-state index contributed by atoms with van der Waals surface area (Å²) >= 11 is 0. The van der Waals surface area contributed by atoms with Crippen molar-refractivity contribution >= 4 is 29.9 Å². The Morgan fingerprint density at radius 1 is 0.969 bits per heavy atom. The largest absolute Gasteiger partial charge is 0.396 e. The van der Waals surface area contributed by atoms with Gasteiger partial charge in [0.15, 0.2) is 5.96 Å². The number of hydrogen-bond donors (Lipinski definition) is 3. The summed E-state index contributed by atoms with van der Waals surface area (Å²) in [6.45, 7) is 9.80. The van der Waals surface area contributed by atoms with Crippen LogP contribution in [0, 0.1) is 0 Å². The van der Waals surface area contributed by atoms with E-state index >= 15 is 0 Å². The molecule has 1 aliphatic rings. The van der Waals surface area contributed by atoms with Gasteiger partial charge in [0.05, 0.1) is 13.2 Å². The smallest absolute Gasteiger partial charge is 0.191 e. The highest BCUT2D eigenvalue weighted by atomic mass is 127. The van der Waals surface area contributed by atoms with Gasteiger partial charge in [-0.25, -0.2) is 4.99 Å². The van der Waals surface area contributed by atoms with Crippen molar-refractivity contribution in [1.82, 2.24) is 20.4 Å². The van der Waals surface area contributed by atoms with Gasteiger partial charge in [0.1, 0.15) is 0 Å². The van der Waals surface area contributed by atoms with Crippen molar-refractivity contribution in [3.8, 4) is 0 Å². The zero-order valence-electron chi connectivity index (χ0n) is 19.3. The average molecular weight is 552 g/mol. The Labute approximate surface area is 210 Å². The minimum atomic E-state index is 0. The lowest BCUT2D eigenvalue weighted by Crippen LogP contribution is -2.43. The molecule has 2 aromatic rings. The molecular weight excluding hydrogens is 513 g/mol. The van der Waals surface area contributed by atoms with Crippen LogP contribution in [0.1, 0.15) is 29.5 Å². The molecule has 6 nitrogen and oxygen atoms in total. The molecule has 3 rings (SSSR count). The molecule has 176 valence electrons. The fraction of sp³-hybridized carbons (Fsp3) is 0.480. The summed E-state index contributed by atoms with van der Waals surface area (Å²) in [7, 11) is 2.19. The van der Waals surface area contributed by atoms with Crippen molar-refractivity contribution in [2.24, 2.45) is 4.99 Å². The van der Waals surface area contributed by atoms with E-state index in [9.17, 15) is 5.11 Å². The second-order valence-electron chi connectivity index (χ2n) is 8.26. The molecule has 32 heavy (non-hydrogen) atoms. The van der Waals surface area contributed by atoms with Crippen LogP contribution in [-0.2, 0) is 13.1 Å². The third-order valence-electron chi connectivity index (χ3n) is 5.80. The number of guanidine groups is 1. The van der Waals surface area contributed by atoms with Crippen LogP contribution in [0.5, 0.6) is 0 Å². The third-order valence-corrected chi connectivity index (χ3v) is 5.80.